The molecule has 0 aliphatic heterocycles. The highest BCUT2D eigenvalue weighted by molar-refractivity contribution is 7.86. The molecule has 0 spiro atoms. The van der Waals surface area contributed by atoms with Gasteiger partial charge in [0.05, 0.1) is 72.1 Å². The van der Waals surface area contributed by atoms with Crippen LogP contribution in [0, 0.1) is 5.82 Å². The fourth-order valence-electron chi connectivity index (χ4n) is 3.87. The number of nitrogens with one attached hydrogen (secondary N) is 2. The van der Waals surface area contributed by atoms with E-state index in [9.17, 15) is 8.60 Å². The predicted molar refractivity (Wildman–Crippen MR) is 156 cm³/mol. The number of hydrogen-bond donors (Lipinski definition) is 2. The number of alkyl halides is 1. The van der Waals surface area contributed by atoms with Crippen LogP contribution in [0.3, 0.4) is 0 Å². The lowest BCUT2D eigenvalue weighted by atomic mass is 10.1. The molecule has 0 aliphatic carbocycles. The maximum absolute atomic E-state index is 13.9. The number of hydrogen-bond acceptors (Lipinski definition) is 8. The summed E-state index contributed by atoms with van der Waals surface area (Å²) >= 11 is 5.55. The second-order valence-electron chi connectivity index (χ2n) is 9.82. The first-order valence-corrected chi connectivity index (χ1v) is 14.6. The number of anilines is 2. The standard InChI is InChI=1S/C28H34ClFN4O5S/c1-28(2,3)40(35)26-17-20-22(32-27-21-16-19(30)4-5-23(21)33-34-27)6-8-31-24(20)18-25(26)39-15-14-38-13-12-37-11-10-36-9-7-29/h4-6,8,16-18H,7,9-15H2,1-3H3,(H2,31,32,33,34). The molecule has 0 fully saturated rings. The zero-order chi connectivity index (χ0) is 28.5. The molecule has 2 N–H and O–H groups in total. The molecule has 0 aliphatic rings. The van der Waals surface area contributed by atoms with Gasteiger partial charge in [-0.2, -0.15) is 5.10 Å². The Kier molecular flexibility index (Phi) is 10.7. The Morgan fingerprint density at radius 2 is 1.65 bits per heavy atom. The van der Waals surface area contributed by atoms with E-state index in [1.54, 1.807) is 24.4 Å². The van der Waals surface area contributed by atoms with Gasteiger partial charge < -0.3 is 24.3 Å². The number of pyridine rings is 1. The molecule has 1 unspecified atom stereocenters. The first kappa shape index (κ1) is 30.1. The van der Waals surface area contributed by atoms with E-state index in [2.05, 4.69) is 20.5 Å². The van der Waals surface area contributed by atoms with Gasteiger partial charge in [-0.15, -0.1) is 11.6 Å². The van der Waals surface area contributed by atoms with Crippen molar-refractivity contribution < 1.29 is 27.5 Å². The third-order valence-corrected chi connectivity index (χ3v) is 7.78. The second kappa shape index (κ2) is 14.2. The molecule has 0 radical (unpaired) electrons. The van der Waals surface area contributed by atoms with Crippen LogP contribution in [0.1, 0.15) is 20.8 Å². The van der Waals surface area contributed by atoms with Crippen molar-refractivity contribution >= 4 is 55.7 Å². The Morgan fingerprint density at radius 3 is 2.35 bits per heavy atom. The number of aromatic nitrogens is 3. The SMILES string of the molecule is CC(C)(C)S(=O)c1cc2c(Nc3n[nH]c4ccc(F)cc34)ccnc2cc1OCCOCCOCCOCCCl. The molecule has 4 rings (SSSR count). The highest BCUT2D eigenvalue weighted by atomic mass is 35.5. The second-order valence-corrected chi connectivity index (χ2v) is 12.4. The van der Waals surface area contributed by atoms with Crippen molar-refractivity contribution in [2.75, 3.05) is 57.4 Å². The van der Waals surface area contributed by atoms with Gasteiger partial charge in [-0.1, -0.05) is 0 Å². The summed E-state index contributed by atoms with van der Waals surface area (Å²) in [5, 5.41) is 11.8. The monoisotopic (exact) mass is 592 g/mol. The van der Waals surface area contributed by atoms with Crippen LogP contribution < -0.4 is 10.1 Å². The van der Waals surface area contributed by atoms with Gasteiger partial charge in [0.25, 0.3) is 0 Å². The van der Waals surface area contributed by atoms with Crippen LogP contribution in [-0.4, -0.2) is 76.3 Å². The van der Waals surface area contributed by atoms with Crippen LogP contribution in [0.4, 0.5) is 15.9 Å². The fraction of sp³-hybridized carbons (Fsp3) is 0.429. The summed E-state index contributed by atoms with van der Waals surface area (Å²) in [6, 6.07) is 9.85. The minimum Gasteiger partial charge on any atom is -0.490 e. The molecular formula is C28H34ClFN4O5S. The summed E-state index contributed by atoms with van der Waals surface area (Å²) in [6.45, 7) is 8.67. The quantitative estimate of drug-likeness (QED) is 0.136. The van der Waals surface area contributed by atoms with Crippen LogP contribution in [0.5, 0.6) is 5.75 Å². The molecule has 9 nitrogen and oxygen atoms in total. The predicted octanol–water partition coefficient (Wildman–Crippen LogP) is 5.57. The van der Waals surface area contributed by atoms with Gasteiger partial charge in [-0.3, -0.25) is 14.3 Å². The van der Waals surface area contributed by atoms with Gasteiger partial charge in [0.2, 0.25) is 0 Å². The average Bonchev–Trinajstić information content (AvgIpc) is 3.32. The van der Waals surface area contributed by atoms with E-state index >= 15 is 0 Å². The molecule has 40 heavy (non-hydrogen) atoms. The van der Waals surface area contributed by atoms with E-state index in [1.165, 1.54) is 12.1 Å². The number of aromatic amines is 1. The van der Waals surface area contributed by atoms with Crippen molar-refractivity contribution in [1.29, 1.82) is 0 Å². The molecule has 12 heteroatoms. The number of rotatable bonds is 15. The number of H-pyrrole nitrogens is 1. The smallest absolute Gasteiger partial charge is 0.160 e. The summed E-state index contributed by atoms with van der Waals surface area (Å²) in [4.78, 5) is 5.05. The van der Waals surface area contributed by atoms with Crippen molar-refractivity contribution in [3.8, 4) is 5.75 Å². The number of nitrogens with zero attached hydrogens (tertiary/aromatic N) is 2. The van der Waals surface area contributed by atoms with Crippen LogP contribution in [-0.2, 0) is 25.0 Å². The number of fused-ring (bicyclic) bond motifs is 2. The molecule has 0 amide bonds. The molecule has 4 aromatic rings. The third kappa shape index (κ3) is 7.88. The molecule has 216 valence electrons. The van der Waals surface area contributed by atoms with Crippen LogP contribution in [0.15, 0.2) is 47.5 Å². The highest BCUT2D eigenvalue weighted by Gasteiger charge is 2.26. The van der Waals surface area contributed by atoms with E-state index < -0.39 is 15.5 Å². The summed E-state index contributed by atoms with van der Waals surface area (Å²) in [5.41, 5.74) is 2.04. The lowest BCUT2D eigenvalue weighted by Crippen LogP contribution is -2.22. The zero-order valence-corrected chi connectivity index (χ0v) is 24.4. The van der Waals surface area contributed by atoms with Gasteiger partial charge in [-0.05, 0) is 51.1 Å². The molecule has 0 saturated heterocycles. The fourth-order valence-corrected chi connectivity index (χ4v) is 5.16. The largest absolute Gasteiger partial charge is 0.490 e. The number of benzene rings is 2. The van der Waals surface area contributed by atoms with Crippen LogP contribution in [0.2, 0.25) is 0 Å². The van der Waals surface area contributed by atoms with Gasteiger partial charge in [0.15, 0.2) is 5.82 Å². The molecule has 2 aromatic heterocycles. The van der Waals surface area contributed by atoms with E-state index in [0.29, 0.717) is 84.1 Å². The topological polar surface area (TPSA) is 108 Å². The van der Waals surface area contributed by atoms with Gasteiger partial charge in [0, 0.05) is 33.7 Å². The Balaban J connectivity index is 1.47. The van der Waals surface area contributed by atoms with E-state index in [1.807, 2.05) is 26.8 Å². The number of halogens is 2. The zero-order valence-electron chi connectivity index (χ0n) is 22.8. The molecule has 1 atom stereocenters. The van der Waals surface area contributed by atoms with Gasteiger partial charge in [0.1, 0.15) is 18.2 Å². The Bertz CT molecular complexity index is 1450. The lowest BCUT2D eigenvalue weighted by molar-refractivity contribution is 0.0115. The van der Waals surface area contributed by atoms with Crippen molar-refractivity contribution in [3.05, 3.63) is 48.4 Å². The van der Waals surface area contributed by atoms with Crippen LogP contribution in [0.25, 0.3) is 21.8 Å². The maximum atomic E-state index is 13.9. The summed E-state index contributed by atoms with van der Waals surface area (Å²) < 4.78 is 49.2. The molecule has 2 heterocycles. The minimum atomic E-state index is -1.39. The summed E-state index contributed by atoms with van der Waals surface area (Å²) in [6.07, 6.45) is 1.66. The molecule has 0 bridgehead atoms. The van der Waals surface area contributed by atoms with Crippen molar-refractivity contribution in [2.24, 2.45) is 0 Å². The van der Waals surface area contributed by atoms with E-state index in [0.717, 1.165) is 5.39 Å². The molecule has 2 aromatic carbocycles. The highest BCUT2D eigenvalue weighted by Crippen LogP contribution is 2.36. The average molecular weight is 593 g/mol. The maximum Gasteiger partial charge on any atom is 0.160 e. The van der Waals surface area contributed by atoms with E-state index in [4.69, 9.17) is 30.5 Å². The normalized spacial score (nSPS) is 12.7. The number of ether oxygens (including phenoxy) is 4. The van der Waals surface area contributed by atoms with Crippen molar-refractivity contribution in [2.45, 2.75) is 30.4 Å². The Morgan fingerprint density at radius 1 is 0.950 bits per heavy atom. The van der Waals surface area contributed by atoms with Crippen molar-refractivity contribution in [1.82, 2.24) is 15.2 Å². The van der Waals surface area contributed by atoms with Crippen molar-refractivity contribution in [3.63, 3.8) is 0 Å². The Labute approximate surface area is 240 Å². The lowest BCUT2D eigenvalue weighted by Gasteiger charge is -2.21. The Hall–Kier alpha value is -2.83. The van der Waals surface area contributed by atoms with E-state index in [-0.39, 0.29) is 12.4 Å². The molecular weight excluding hydrogens is 559 g/mol. The van der Waals surface area contributed by atoms with Crippen LogP contribution >= 0.6 is 11.6 Å². The summed E-state index contributed by atoms with van der Waals surface area (Å²) in [7, 11) is -1.39. The summed E-state index contributed by atoms with van der Waals surface area (Å²) in [5.74, 6) is 1.06. The first-order chi connectivity index (χ1) is 19.3. The minimum absolute atomic E-state index is 0.265. The van der Waals surface area contributed by atoms with Gasteiger partial charge in [-0.25, -0.2) is 4.39 Å². The first-order valence-electron chi connectivity index (χ1n) is 12.9. The molecule has 0 saturated carbocycles. The third-order valence-electron chi connectivity index (χ3n) is 5.79. The van der Waals surface area contributed by atoms with Gasteiger partial charge >= 0.3 is 0 Å².